The Labute approximate surface area is 95.2 Å². The molecule has 0 spiro atoms. The fourth-order valence-corrected chi connectivity index (χ4v) is 2.39. The summed E-state index contributed by atoms with van der Waals surface area (Å²) in [6.45, 7) is 3.99. The van der Waals surface area contributed by atoms with E-state index in [-0.39, 0.29) is 14.3 Å². The van der Waals surface area contributed by atoms with Crippen molar-refractivity contribution in [1.29, 1.82) is 0 Å². The van der Waals surface area contributed by atoms with Crippen molar-refractivity contribution in [2.45, 2.75) is 22.4 Å². The summed E-state index contributed by atoms with van der Waals surface area (Å²) < 4.78 is -0.109. The number of halogens is 1. The molecular formula is C9H10BrNO2S. The van der Waals surface area contributed by atoms with Crippen molar-refractivity contribution in [2.24, 2.45) is 0 Å². The van der Waals surface area contributed by atoms with Gasteiger partial charge in [0, 0.05) is 17.0 Å². The van der Waals surface area contributed by atoms with Crippen LogP contribution in [0.2, 0.25) is 0 Å². The van der Waals surface area contributed by atoms with Gasteiger partial charge in [-0.2, -0.15) is 0 Å². The molecule has 1 rings (SSSR count). The Bertz CT molecular complexity index is 349. The molecule has 0 fully saturated rings. The van der Waals surface area contributed by atoms with Gasteiger partial charge in [0.2, 0.25) is 0 Å². The Morgan fingerprint density at radius 3 is 2.64 bits per heavy atom. The van der Waals surface area contributed by atoms with Gasteiger partial charge in [0.15, 0.2) is 0 Å². The third kappa shape index (κ3) is 3.67. The molecule has 0 saturated heterocycles. The fourth-order valence-electron chi connectivity index (χ4n) is 0.941. The summed E-state index contributed by atoms with van der Waals surface area (Å²) in [5.74, 6) is 0. The molecule has 0 aliphatic carbocycles. The molecule has 14 heavy (non-hydrogen) atoms. The van der Waals surface area contributed by atoms with Crippen LogP contribution in [0.15, 0.2) is 29.2 Å². The molecule has 3 nitrogen and oxygen atoms in total. The third-order valence-corrected chi connectivity index (χ3v) is 2.85. The number of nitro benzene ring substituents is 1. The van der Waals surface area contributed by atoms with Crippen LogP contribution in [0.5, 0.6) is 0 Å². The van der Waals surface area contributed by atoms with Crippen molar-refractivity contribution >= 4 is 33.4 Å². The molecule has 0 unspecified atom stereocenters. The van der Waals surface area contributed by atoms with Crippen LogP contribution in [0.4, 0.5) is 5.69 Å². The van der Waals surface area contributed by atoms with Gasteiger partial charge in [-0.3, -0.25) is 10.1 Å². The predicted octanol–water partition coefficient (Wildman–Crippen LogP) is 3.82. The van der Waals surface area contributed by atoms with E-state index in [0.29, 0.717) is 0 Å². The summed E-state index contributed by atoms with van der Waals surface area (Å²) in [5, 5.41) is 10.5. The van der Waals surface area contributed by atoms with E-state index in [1.165, 1.54) is 6.07 Å². The summed E-state index contributed by atoms with van der Waals surface area (Å²) in [5.41, 5.74) is 0.131. The summed E-state index contributed by atoms with van der Waals surface area (Å²) in [7, 11) is 0. The maximum absolute atomic E-state index is 10.5. The van der Waals surface area contributed by atoms with Gasteiger partial charge in [-0.25, -0.2) is 0 Å². The zero-order chi connectivity index (χ0) is 10.8. The minimum Gasteiger partial charge on any atom is -0.258 e. The third-order valence-electron chi connectivity index (χ3n) is 1.39. The van der Waals surface area contributed by atoms with Gasteiger partial charge in [-0.05, 0) is 19.9 Å². The first-order valence-corrected chi connectivity index (χ1v) is 5.62. The summed E-state index contributed by atoms with van der Waals surface area (Å²) in [6, 6.07) is 6.62. The Hall–Kier alpha value is -0.550. The number of rotatable bonds is 3. The molecule has 76 valence electrons. The van der Waals surface area contributed by atoms with E-state index in [0.717, 1.165) is 4.90 Å². The standard InChI is InChI=1S/C9H10BrNO2S/c1-9(2,10)14-8-5-3-4-7(6-8)11(12)13/h3-6H,1-2H3. The van der Waals surface area contributed by atoms with E-state index >= 15 is 0 Å². The highest BCUT2D eigenvalue weighted by Gasteiger charge is 2.15. The molecule has 0 amide bonds. The van der Waals surface area contributed by atoms with Crippen LogP contribution in [0.3, 0.4) is 0 Å². The summed E-state index contributed by atoms with van der Waals surface area (Å²) >= 11 is 5.01. The first-order valence-electron chi connectivity index (χ1n) is 4.01. The van der Waals surface area contributed by atoms with Crippen LogP contribution in [-0.2, 0) is 0 Å². The molecule has 0 N–H and O–H groups in total. The Balaban J connectivity index is 2.89. The van der Waals surface area contributed by atoms with E-state index in [1.54, 1.807) is 23.9 Å². The normalized spacial score (nSPS) is 11.4. The SMILES string of the molecule is CC(C)(Br)Sc1cccc([N+](=O)[O-])c1. The van der Waals surface area contributed by atoms with E-state index < -0.39 is 0 Å². The van der Waals surface area contributed by atoms with Crippen molar-refractivity contribution in [3.8, 4) is 0 Å². The molecule has 0 aliphatic rings. The number of hydrogen-bond acceptors (Lipinski definition) is 3. The minimum absolute atomic E-state index is 0.109. The number of nitro groups is 1. The van der Waals surface area contributed by atoms with Crippen molar-refractivity contribution in [3.05, 3.63) is 34.4 Å². The van der Waals surface area contributed by atoms with Gasteiger partial charge in [-0.15, -0.1) is 11.8 Å². The van der Waals surface area contributed by atoms with Crippen molar-refractivity contribution in [3.63, 3.8) is 0 Å². The van der Waals surface area contributed by atoms with Crippen LogP contribution in [0.25, 0.3) is 0 Å². The number of nitrogens with zero attached hydrogens (tertiary/aromatic N) is 1. The highest BCUT2D eigenvalue weighted by atomic mass is 79.9. The average molecular weight is 276 g/mol. The Morgan fingerprint density at radius 1 is 1.50 bits per heavy atom. The molecule has 0 heterocycles. The van der Waals surface area contributed by atoms with Gasteiger partial charge in [0.25, 0.3) is 5.69 Å². The highest BCUT2D eigenvalue weighted by Crippen LogP contribution is 2.38. The number of alkyl halides is 1. The Kier molecular flexibility index (Phi) is 3.55. The molecule has 0 saturated carbocycles. The lowest BCUT2D eigenvalue weighted by Gasteiger charge is -2.14. The zero-order valence-corrected chi connectivity index (χ0v) is 10.3. The lowest BCUT2D eigenvalue weighted by Crippen LogP contribution is -2.01. The molecule has 0 aromatic heterocycles. The number of thioether (sulfide) groups is 1. The minimum atomic E-state index is -0.384. The van der Waals surface area contributed by atoms with Crippen molar-refractivity contribution < 1.29 is 4.92 Å². The van der Waals surface area contributed by atoms with Gasteiger partial charge < -0.3 is 0 Å². The second kappa shape index (κ2) is 4.31. The lowest BCUT2D eigenvalue weighted by atomic mass is 10.3. The Morgan fingerprint density at radius 2 is 2.14 bits per heavy atom. The number of non-ortho nitro benzene ring substituents is 1. The number of hydrogen-bond donors (Lipinski definition) is 0. The fraction of sp³-hybridized carbons (Fsp3) is 0.333. The predicted molar refractivity (Wildman–Crippen MR) is 62.0 cm³/mol. The monoisotopic (exact) mass is 275 g/mol. The first kappa shape index (κ1) is 11.5. The summed E-state index contributed by atoms with van der Waals surface area (Å²) in [4.78, 5) is 11.0. The average Bonchev–Trinajstić information content (AvgIpc) is 2.01. The van der Waals surface area contributed by atoms with Gasteiger partial charge in [0.05, 0.1) is 8.58 Å². The first-order chi connectivity index (χ1) is 6.38. The van der Waals surface area contributed by atoms with Crippen molar-refractivity contribution in [2.75, 3.05) is 0 Å². The van der Waals surface area contributed by atoms with Gasteiger partial charge in [-0.1, -0.05) is 22.0 Å². The van der Waals surface area contributed by atoms with Gasteiger partial charge >= 0.3 is 0 Å². The lowest BCUT2D eigenvalue weighted by molar-refractivity contribution is -0.385. The second-order valence-corrected chi connectivity index (χ2v) is 7.42. The molecular weight excluding hydrogens is 266 g/mol. The zero-order valence-electron chi connectivity index (χ0n) is 7.86. The topological polar surface area (TPSA) is 43.1 Å². The molecule has 0 bridgehead atoms. The maximum atomic E-state index is 10.5. The summed E-state index contributed by atoms with van der Waals surface area (Å²) in [6.07, 6.45) is 0. The van der Waals surface area contributed by atoms with Crippen LogP contribution in [0, 0.1) is 10.1 Å². The maximum Gasteiger partial charge on any atom is 0.270 e. The van der Waals surface area contributed by atoms with Crippen LogP contribution in [0.1, 0.15) is 13.8 Å². The number of benzene rings is 1. The molecule has 0 radical (unpaired) electrons. The van der Waals surface area contributed by atoms with Crippen LogP contribution in [-0.4, -0.2) is 8.58 Å². The van der Waals surface area contributed by atoms with E-state index in [4.69, 9.17) is 0 Å². The molecule has 0 aliphatic heterocycles. The largest absolute Gasteiger partial charge is 0.270 e. The van der Waals surface area contributed by atoms with Gasteiger partial charge in [0.1, 0.15) is 0 Å². The van der Waals surface area contributed by atoms with E-state index in [9.17, 15) is 10.1 Å². The second-order valence-electron chi connectivity index (χ2n) is 3.22. The molecule has 1 aromatic carbocycles. The van der Waals surface area contributed by atoms with E-state index in [2.05, 4.69) is 15.9 Å². The quantitative estimate of drug-likeness (QED) is 0.365. The highest BCUT2D eigenvalue weighted by molar-refractivity contribution is 9.11. The van der Waals surface area contributed by atoms with Crippen LogP contribution < -0.4 is 0 Å². The molecule has 5 heteroatoms. The van der Waals surface area contributed by atoms with Crippen LogP contribution >= 0.6 is 27.7 Å². The molecule has 1 aromatic rings. The van der Waals surface area contributed by atoms with E-state index in [1.807, 2.05) is 19.9 Å². The molecule has 0 atom stereocenters. The van der Waals surface area contributed by atoms with Crippen molar-refractivity contribution in [1.82, 2.24) is 0 Å². The smallest absolute Gasteiger partial charge is 0.258 e.